The summed E-state index contributed by atoms with van der Waals surface area (Å²) in [5.41, 5.74) is 5.67. The normalized spacial score (nSPS) is 11.0. The number of ether oxygens (including phenoxy) is 1. The topological polar surface area (TPSA) is 84.8 Å². The molecule has 0 aliphatic heterocycles. The van der Waals surface area contributed by atoms with E-state index < -0.39 is 0 Å². The summed E-state index contributed by atoms with van der Waals surface area (Å²) in [6.45, 7) is 7.69. The van der Waals surface area contributed by atoms with Gasteiger partial charge < -0.3 is 14.6 Å². The van der Waals surface area contributed by atoms with Gasteiger partial charge in [-0.05, 0) is 44.0 Å². The highest BCUT2D eigenvalue weighted by Gasteiger charge is 2.12. The minimum absolute atomic E-state index is 0.177. The van der Waals surface area contributed by atoms with Crippen LogP contribution in [0.2, 0.25) is 0 Å². The number of aryl methyl sites for hydroxylation is 3. The van der Waals surface area contributed by atoms with E-state index in [1.807, 2.05) is 17.6 Å². The number of nitrogens with one attached hydrogen (secondary N) is 2. The molecule has 0 aliphatic carbocycles. The monoisotopic (exact) mass is 367 g/mol. The first kappa shape index (κ1) is 18.8. The van der Waals surface area contributed by atoms with Gasteiger partial charge in [-0.2, -0.15) is 5.10 Å². The standard InChI is InChI=1S/C20H25N5O2/c1-13-5-6-16(9-14(13)2)17-10-18(24-23-17)20(26)21-7-8-25-15(3)11-22-19(25)12-27-4/h5-6,9-11H,7-8,12H2,1-4H3,(H,21,26)(H,23,24). The van der Waals surface area contributed by atoms with Crippen LogP contribution in [0.15, 0.2) is 30.5 Å². The van der Waals surface area contributed by atoms with Crippen molar-refractivity contribution in [3.63, 3.8) is 0 Å². The Hall–Kier alpha value is -2.93. The summed E-state index contributed by atoms with van der Waals surface area (Å²) in [4.78, 5) is 16.7. The number of hydrogen-bond acceptors (Lipinski definition) is 4. The Balaban J connectivity index is 1.61. The molecular formula is C20H25N5O2. The minimum Gasteiger partial charge on any atom is -0.377 e. The van der Waals surface area contributed by atoms with Crippen molar-refractivity contribution in [3.8, 4) is 11.3 Å². The molecule has 0 aliphatic rings. The van der Waals surface area contributed by atoms with Crippen molar-refractivity contribution >= 4 is 5.91 Å². The number of methoxy groups -OCH3 is 1. The van der Waals surface area contributed by atoms with Crippen LogP contribution in [0.3, 0.4) is 0 Å². The van der Waals surface area contributed by atoms with Crippen LogP contribution in [0, 0.1) is 20.8 Å². The summed E-state index contributed by atoms with van der Waals surface area (Å²) in [7, 11) is 1.64. The summed E-state index contributed by atoms with van der Waals surface area (Å²) in [5, 5.41) is 10.0. The molecule has 0 radical (unpaired) electrons. The van der Waals surface area contributed by atoms with Crippen LogP contribution >= 0.6 is 0 Å². The van der Waals surface area contributed by atoms with Gasteiger partial charge in [-0.25, -0.2) is 4.98 Å². The molecule has 0 unspecified atom stereocenters. The minimum atomic E-state index is -0.177. The van der Waals surface area contributed by atoms with Gasteiger partial charge in [0.2, 0.25) is 0 Å². The number of aromatic amines is 1. The lowest BCUT2D eigenvalue weighted by Gasteiger charge is -2.10. The number of hydrogen-bond donors (Lipinski definition) is 2. The molecular weight excluding hydrogens is 342 g/mol. The van der Waals surface area contributed by atoms with Gasteiger partial charge >= 0.3 is 0 Å². The highest BCUT2D eigenvalue weighted by atomic mass is 16.5. The van der Waals surface area contributed by atoms with Crippen molar-refractivity contribution < 1.29 is 9.53 Å². The summed E-state index contributed by atoms with van der Waals surface area (Å²) < 4.78 is 7.19. The van der Waals surface area contributed by atoms with Gasteiger partial charge in [-0.15, -0.1) is 0 Å². The molecule has 0 saturated carbocycles. The number of benzene rings is 1. The number of H-pyrrole nitrogens is 1. The largest absolute Gasteiger partial charge is 0.377 e. The number of rotatable bonds is 7. The number of amides is 1. The van der Waals surface area contributed by atoms with Gasteiger partial charge in [0, 0.05) is 37.7 Å². The van der Waals surface area contributed by atoms with Crippen LogP contribution in [0.4, 0.5) is 0 Å². The van der Waals surface area contributed by atoms with Crippen LogP contribution in [-0.4, -0.2) is 39.3 Å². The number of imidazole rings is 1. The van der Waals surface area contributed by atoms with Crippen LogP contribution in [0.25, 0.3) is 11.3 Å². The Kier molecular flexibility index (Phi) is 5.71. The second-order valence-corrected chi connectivity index (χ2v) is 6.62. The molecule has 27 heavy (non-hydrogen) atoms. The molecule has 3 rings (SSSR count). The first-order chi connectivity index (χ1) is 13.0. The first-order valence-corrected chi connectivity index (χ1v) is 8.90. The van der Waals surface area contributed by atoms with Gasteiger partial charge in [-0.1, -0.05) is 12.1 Å². The third kappa shape index (κ3) is 4.25. The van der Waals surface area contributed by atoms with E-state index in [1.54, 1.807) is 19.4 Å². The van der Waals surface area contributed by atoms with Crippen LogP contribution < -0.4 is 5.32 Å². The van der Waals surface area contributed by atoms with Gasteiger partial charge in [-0.3, -0.25) is 9.89 Å². The average molecular weight is 367 g/mol. The van der Waals surface area contributed by atoms with E-state index in [0.717, 1.165) is 22.8 Å². The van der Waals surface area contributed by atoms with E-state index in [0.29, 0.717) is 25.4 Å². The smallest absolute Gasteiger partial charge is 0.269 e. The number of carbonyl (C=O) groups excluding carboxylic acids is 1. The molecule has 7 nitrogen and oxygen atoms in total. The Labute approximate surface area is 158 Å². The van der Waals surface area contributed by atoms with Crippen molar-refractivity contribution in [2.45, 2.75) is 33.9 Å². The lowest BCUT2D eigenvalue weighted by Crippen LogP contribution is -2.28. The van der Waals surface area contributed by atoms with Gasteiger partial charge in [0.15, 0.2) is 0 Å². The zero-order valence-corrected chi connectivity index (χ0v) is 16.2. The number of carbonyl (C=O) groups is 1. The third-order valence-electron chi connectivity index (χ3n) is 4.66. The van der Waals surface area contributed by atoms with E-state index >= 15 is 0 Å². The maximum atomic E-state index is 12.4. The summed E-state index contributed by atoms with van der Waals surface area (Å²) in [6, 6.07) is 7.92. The Morgan fingerprint density at radius 3 is 2.78 bits per heavy atom. The first-order valence-electron chi connectivity index (χ1n) is 8.90. The molecule has 2 aromatic heterocycles. The molecule has 7 heteroatoms. The van der Waals surface area contributed by atoms with Crippen LogP contribution in [0.1, 0.15) is 33.1 Å². The highest BCUT2D eigenvalue weighted by molar-refractivity contribution is 5.93. The Morgan fingerprint density at radius 1 is 1.22 bits per heavy atom. The second-order valence-electron chi connectivity index (χ2n) is 6.62. The predicted molar refractivity (Wildman–Crippen MR) is 104 cm³/mol. The third-order valence-corrected chi connectivity index (χ3v) is 4.66. The number of nitrogens with zero attached hydrogens (tertiary/aromatic N) is 3. The Bertz CT molecular complexity index is 942. The maximum Gasteiger partial charge on any atom is 0.269 e. The quantitative estimate of drug-likeness (QED) is 0.672. The Morgan fingerprint density at radius 2 is 2.04 bits per heavy atom. The fourth-order valence-corrected chi connectivity index (χ4v) is 2.92. The zero-order valence-electron chi connectivity index (χ0n) is 16.2. The molecule has 2 heterocycles. The fraction of sp³-hybridized carbons (Fsp3) is 0.350. The van der Waals surface area contributed by atoms with E-state index in [4.69, 9.17) is 4.74 Å². The lowest BCUT2D eigenvalue weighted by atomic mass is 10.0. The molecule has 2 N–H and O–H groups in total. The van der Waals surface area contributed by atoms with Crippen LogP contribution in [0.5, 0.6) is 0 Å². The van der Waals surface area contributed by atoms with Gasteiger partial charge in [0.25, 0.3) is 5.91 Å². The second kappa shape index (κ2) is 8.18. The lowest BCUT2D eigenvalue weighted by molar-refractivity contribution is 0.0946. The molecule has 0 atom stereocenters. The molecule has 1 amide bonds. The van der Waals surface area contributed by atoms with Crippen molar-refractivity contribution in [1.29, 1.82) is 0 Å². The summed E-state index contributed by atoms with van der Waals surface area (Å²) in [5.74, 6) is 0.673. The van der Waals surface area contributed by atoms with Gasteiger partial charge in [0.1, 0.15) is 18.1 Å². The molecule has 142 valence electrons. The van der Waals surface area contributed by atoms with Crippen molar-refractivity contribution in [3.05, 3.63) is 58.8 Å². The molecule has 0 spiro atoms. The molecule has 0 saturated heterocycles. The zero-order chi connectivity index (χ0) is 19.4. The molecule has 0 bridgehead atoms. The highest BCUT2D eigenvalue weighted by Crippen LogP contribution is 2.20. The number of aromatic nitrogens is 4. The molecule has 1 aromatic carbocycles. The molecule has 0 fully saturated rings. The van der Waals surface area contributed by atoms with Crippen molar-refractivity contribution in [2.75, 3.05) is 13.7 Å². The summed E-state index contributed by atoms with van der Waals surface area (Å²) >= 11 is 0. The van der Waals surface area contributed by atoms with Crippen LogP contribution in [-0.2, 0) is 17.9 Å². The van der Waals surface area contributed by atoms with E-state index in [1.165, 1.54) is 11.1 Å². The fourth-order valence-electron chi connectivity index (χ4n) is 2.92. The van der Waals surface area contributed by atoms with Gasteiger partial charge in [0.05, 0.1) is 5.69 Å². The van der Waals surface area contributed by atoms with E-state index in [-0.39, 0.29) is 5.91 Å². The van der Waals surface area contributed by atoms with Crippen molar-refractivity contribution in [1.82, 2.24) is 25.1 Å². The summed E-state index contributed by atoms with van der Waals surface area (Å²) in [6.07, 6.45) is 1.81. The SMILES string of the molecule is COCc1ncc(C)n1CCNC(=O)c1cc(-c2ccc(C)c(C)c2)n[nH]1. The predicted octanol–water partition coefficient (Wildman–Crippen LogP) is 2.77. The van der Waals surface area contributed by atoms with E-state index in [9.17, 15) is 4.79 Å². The maximum absolute atomic E-state index is 12.4. The average Bonchev–Trinajstić information content (AvgIpc) is 3.26. The van der Waals surface area contributed by atoms with Crippen molar-refractivity contribution in [2.24, 2.45) is 0 Å². The van der Waals surface area contributed by atoms with E-state index in [2.05, 4.69) is 46.5 Å². The molecule has 3 aromatic rings.